The van der Waals surface area contributed by atoms with Gasteiger partial charge in [0.25, 0.3) is 0 Å². The average molecular weight is 1410 g/mol. The molecule has 0 radical (unpaired) electrons. The van der Waals surface area contributed by atoms with Gasteiger partial charge in [-0.1, -0.05) is 134 Å². The highest BCUT2D eigenvalue weighted by atomic mass is 16.7. The number of hydrogen-bond acceptors (Lipinski definition) is 16. The Morgan fingerprint density at radius 1 is 0.327 bits per heavy atom. The van der Waals surface area contributed by atoms with Crippen LogP contribution in [0.1, 0.15) is 244 Å². The molecule has 12 aliphatic carbocycles. The lowest BCUT2D eigenvalue weighted by atomic mass is 9.55. The Balaban J connectivity index is 0.000000119. The van der Waals surface area contributed by atoms with Crippen molar-refractivity contribution >= 4 is 35.8 Å². The summed E-state index contributed by atoms with van der Waals surface area (Å²) in [6.45, 7) is 29.4. The van der Waals surface area contributed by atoms with Crippen molar-refractivity contribution in [2.45, 2.75) is 274 Å². The minimum Gasteiger partial charge on any atom is -0.465 e. The van der Waals surface area contributed by atoms with Gasteiger partial charge in [-0.25, -0.2) is 0 Å². The van der Waals surface area contributed by atoms with Crippen LogP contribution >= 0.6 is 0 Å². The second-order valence-corrected chi connectivity index (χ2v) is 35.5. The third-order valence-electron chi connectivity index (χ3n) is 31.5. The molecule has 8 bridgehead atoms. The topological polar surface area (TPSA) is 195 Å². The molecule has 0 spiro atoms. The van der Waals surface area contributed by atoms with Crippen LogP contribution < -0.4 is 0 Å². The lowest BCUT2D eigenvalue weighted by Crippen LogP contribution is -2.49. The maximum Gasteiger partial charge on any atom is 0.312 e. The van der Waals surface area contributed by atoms with Gasteiger partial charge in [0.1, 0.15) is 0 Å². The number of fused-ring (bicyclic) bond motifs is 14. The molecule has 0 aromatic heterocycles. The summed E-state index contributed by atoms with van der Waals surface area (Å²) >= 11 is 0. The van der Waals surface area contributed by atoms with Crippen LogP contribution in [0.5, 0.6) is 0 Å². The minimum atomic E-state index is -0.0483. The Hall–Kier alpha value is -3.34. The predicted octanol–water partition coefficient (Wildman–Crippen LogP) is 16.3. The summed E-state index contributed by atoms with van der Waals surface area (Å²) in [6, 6.07) is 0. The summed E-state index contributed by atoms with van der Waals surface area (Å²) in [6.07, 6.45) is 31.6. The van der Waals surface area contributed by atoms with Crippen LogP contribution in [-0.4, -0.2) is 113 Å². The largest absolute Gasteiger partial charge is 0.465 e. The van der Waals surface area contributed by atoms with Crippen molar-refractivity contribution < 1.29 is 76.1 Å². The average Bonchev–Trinajstić information content (AvgIpc) is 1.58. The van der Waals surface area contributed by atoms with Crippen molar-refractivity contribution in [3.05, 3.63) is 0 Å². The van der Waals surface area contributed by atoms with Crippen LogP contribution in [0.15, 0.2) is 0 Å². The third-order valence-corrected chi connectivity index (χ3v) is 31.5. The predicted molar refractivity (Wildman–Crippen MR) is 383 cm³/mol. The smallest absolute Gasteiger partial charge is 0.312 e. The van der Waals surface area contributed by atoms with E-state index >= 15 is 0 Å². The van der Waals surface area contributed by atoms with Crippen molar-refractivity contribution in [3.63, 3.8) is 0 Å². The van der Waals surface area contributed by atoms with Gasteiger partial charge >= 0.3 is 35.8 Å². The number of methoxy groups -OCH3 is 1. The van der Waals surface area contributed by atoms with Crippen LogP contribution in [0.25, 0.3) is 0 Å². The van der Waals surface area contributed by atoms with Gasteiger partial charge in [0.15, 0.2) is 13.6 Å². The number of rotatable bonds is 19. The van der Waals surface area contributed by atoms with E-state index in [2.05, 4.69) is 83.1 Å². The zero-order valence-corrected chi connectivity index (χ0v) is 64.7. The summed E-state index contributed by atoms with van der Waals surface area (Å²) in [4.78, 5) is 70.9. The Kier molecular flexibility index (Phi) is 26.2. The van der Waals surface area contributed by atoms with Crippen molar-refractivity contribution in [1.29, 1.82) is 0 Å². The molecule has 30 atom stereocenters. The fourth-order valence-electron chi connectivity index (χ4n) is 27.2. The number of esters is 6. The molecule has 12 saturated carbocycles. The van der Waals surface area contributed by atoms with Crippen LogP contribution in [0.2, 0.25) is 0 Å². The molecule has 0 amide bonds. The van der Waals surface area contributed by atoms with E-state index in [1.54, 1.807) is 7.11 Å². The SMILES string of the molecule is CCC1CC(CC)C2C(=O)OCC12.CCC1CC(CC)C2C(=O)OCC12.CCC1CC(CC)C2C3CC(CC3C(=O)OCOC)C12.CCC1CC(CC)C2C3CC(CC3C(=O)OCOC3C4CC5CC(C4)CC3C5)C12.CCC1OC(CC)C2C(=O)OCC12.CCC1OC(CC)C2C(=O)OCC12. The van der Waals surface area contributed by atoms with Crippen molar-refractivity contribution in [3.8, 4) is 0 Å². The van der Waals surface area contributed by atoms with E-state index in [9.17, 15) is 28.8 Å². The highest BCUT2D eigenvalue weighted by Gasteiger charge is 2.64. The summed E-state index contributed by atoms with van der Waals surface area (Å²) in [5.41, 5.74) is 0. The molecule has 0 aromatic carbocycles. The molecule has 30 unspecified atom stereocenters. The van der Waals surface area contributed by atoms with Crippen LogP contribution in [0.4, 0.5) is 0 Å². The molecule has 0 aromatic rings. The molecule has 18 rings (SSSR count). The molecule has 6 heterocycles. The quantitative estimate of drug-likeness (QED) is 0.0672. The Morgan fingerprint density at radius 3 is 1.02 bits per heavy atom. The maximum atomic E-state index is 13.0. The van der Waals surface area contributed by atoms with Gasteiger partial charge in [0, 0.05) is 30.8 Å². The van der Waals surface area contributed by atoms with E-state index in [0.29, 0.717) is 79.9 Å². The number of cyclic esters (lactones) is 4. The Bertz CT molecular complexity index is 2560. The Labute approximate surface area is 607 Å². The zero-order chi connectivity index (χ0) is 71.7. The maximum absolute atomic E-state index is 13.0. The molecule has 16 heteroatoms. The number of carbonyl (C=O) groups excluding carboxylic acids is 6. The van der Waals surface area contributed by atoms with E-state index in [-0.39, 0.29) is 109 Å². The first kappa shape index (κ1) is 77.3. The number of hydrogen-bond donors (Lipinski definition) is 0. The van der Waals surface area contributed by atoms with Crippen molar-refractivity contribution in [2.24, 2.45) is 178 Å². The van der Waals surface area contributed by atoms with Gasteiger partial charge in [-0.15, -0.1) is 0 Å². The van der Waals surface area contributed by atoms with E-state index < -0.39 is 0 Å². The van der Waals surface area contributed by atoms with Crippen molar-refractivity contribution in [2.75, 3.05) is 47.1 Å². The molecule has 101 heavy (non-hydrogen) atoms. The standard InChI is InChI=1S/C26H40O3.C17H28O3.2C11H18O2.2C10H16O3/c1-3-16-10-17(4-2)24-21-11-18(23(16)24)12-22(21)26(27)29-13-28-25-19-6-14-5-15(8-19)9-20(25)7-14;1-4-10-6-11(5-2)16-13-7-12(15(10)16)8-14(13)17(18)20-9-19-3;2*1-3-7-5-8(4-2)10-9(7)6-13-11(10)12;2*1-3-7-6-5-12-10(11)9(6)8(4-2)13-7/h14-25H,3-13H2,1-2H3;10-16H,4-9H2,1-3H3;2*7-10H,3-6H2,1-2H3;2*6-9H,3-5H2,1-2H3. The van der Waals surface area contributed by atoms with Gasteiger partial charge in [-0.05, 0) is 228 Å². The second kappa shape index (κ2) is 34.3. The summed E-state index contributed by atoms with van der Waals surface area (Å²) in [5, 5.41) is 0. The molecule has 0 N–H and O–H groups in total. The van der Waals surface area contributed by atoms with Gasteiger partial charge in [0.05, 0.1) is 92.5 Å². The van der Waals surface area contributed by atoms with E-state index in [1.807, 2.05) is 0 Å². The first-order chi connectivity index (χ1) is 49.0. The number of carbonyl (C=O) groups is 6. The fraction of sp³-hybridized carbons (Fsp3) is 0.929. The highest BCUT2D eigenvalue weighted by Crippen LogP contribution is 2.67. The van der Waals surface area contributed by atoms with E-state index in [1.165, 1.54) is 109 Å². The first-order valence-corrected chi connectivity index (χ1v) is 42.4. The molecule has 6 saturated heterocycles. The van der Waals surface area contributed by atoms with Gasteiger partial charge in [0.2, 0.25) is 0 Å². The molecule has 16 nitrogen and oxygen atoms in total. The molecular weight excluding hydrogens is 1280 g/mol. The van der Waals surface area contributed by atoms with Gasteiger partial charge in [-0.3, -0.25) is 28.8 Å². The van der Waals surface area contributed by atoms with E-state index in [4.69, 9.17) is 47.4 Å². The van der Waals surface area contributed by atoms with Crippen LogP contribution in [0, 0.1) is 178 Å². The van der Waals surface area contributed by atoms with E-state index in [0.717, 1.165) is 146 Å². The summed E-state index contributed by atoms with van der Waals surface area (Å²) in [7, 11) is 1.57. The lowest BCUT2D eigenvalue weighted by Gasteiger charge is -2.53. The molecular formula is C85H136O16. The second-order valence-electron chi connectivity index (χ2n) is 35.5. The third kappa shape index (κ3) is 15.2. The normalized spacial score (nSPS) is 46.9. The first-order valence-electron chi connectivity index (χ1n) is 42.4. The van der Waals surface area contributed by atoms with Crippen LogP contribution in [-0.2, 0) is 76.1 Å². The molecule has 572 valence electrons. The Morgan fingerprint density at radius 2 is 0.663 bits per heavy atom. The molecule has 18 fully saturated rings. The molecule has 6 aliphatic heterocycles. The fourth-order valence-corrected chi connectivity index (χ4v) is 27.2. The van der Waals surface area contributed by atoms with Crippen LogP contribution in [0.3, 0.4) is 0 Å². The minimum absolute atomic E-state index is 0.00685. The highest BCUT2D eigenvalue weighted by molar-refractivity contribution is 5.78. The molecule has 18 aliphatic rings. The zero-order valence-electron chi connectivity index (χ0n) is 64.7. The van der Waals surface area contributed by atoms with Gasteiger partial charge < -0.3 is 47.4 Å². The summed E-state index contributed by atoms with van der Waals surface area (Å²) < 4.78 is 54.2. The van der Waals surface area contributed by atoms with Crippen molar-refractivity contribution in [1.82, 2.24) is 0 Å². The summed E-state index contributed by atoms with van der Waals surface area (Å²) in [5.74, 6) is 18.5. The lowest BCUT2D eigenvalue weighted by molar-refractivity contribution is -0.191. The van der Waals surface area contributed by atoms with Gasteiger partial charge in [-0.2, -0.15) is 0 Å². The number of ether oxygens (including phenoxy) is 10. The monoisotopic (exact) mass is 1410 g/mol.